The highest BCUT2D eigenvalue weighted by atomic mass is 32.1. The van der Waals surface area contributed by atoms with Gasteiger partial charge in [-0.3, -0.25) is 9.20 Å². The highest BCUT2D eigenvalue weighted by molar-refractivity contribution is 7.15. The lowest BCUT2D eigenvalue weighted by Crippen LogP contribution is -2.27. The van der Waals surface area contributed by atoms with E-state index in [1.54, 1.807) is 11.3 Å². The summed E-state index contributed by atoms with van der Waals surface area (Å²) >= 11 is 1.60. The van der Waals surface area contributed by atoms with E-state index in [-0.39, 0.29) is 5.91 Å². The largest absolute Gasteiger partial charge is 0.360 e. The van der Waals surface area contributed by atoms with Gasteiger partial charge < -0.3 is 9.84 Å². The Morgan fingerprint density at radius 3 is 3.23 bits per heavy atom. The van der Waals surface area contributed by atoms with E-state index in [4.69, 9.17) is 4.52 Å². The molecule has 0 aromatic carbocycles. The van der Waals surface area contributed by atoms with Crippen molar-refractivity contribution in [3.05, 3.63) is 40.5 Å². The lowest BCUT2D eigenvalue weighted by atomic mass is 9.96. The number of nitrogens with one attached hydrogen (secondary N) is 1. The smallest absolute Gasteiger partial charge is 0.273 e. The molecule has 22 heavy (non-hydrogen) atoms. The fraction of sp³-hybridized carbons (Fsp3) is 0.400. The second kappa shape index (κ2) is 5.57. The van der Waals surface area contributed by atoms with Crippen molar-refractivity contribution in [2.45, 2.75) is 32.1 Å². The summed E-state index contributed by atoms with van der Waals surface area (Å²) in [7, 11) is 0. The summed E-state index contributed by atoms with van der Waals surface area (Å²) in [6.45, 7) is 0.547. The second-order valence-electron chi connectivity index (χ2n) is 5.47. The zero-order valence-electron chi connectivity index (χ0n) is 12.0. The van der Waals surface area contributed by atoms with Crippen LogP contribution in [0.4, 0.5) is 0 Å². The third-order valence-corrected chi connectivity index (χ3v) is 4.75. The molecule has 3 heterocycles. The van der Waals surface area contributed by atoms with Crippen LogP contribution in [0.15, 0.2) is 22.3 Å². The molecule has 0 aliphatic heterocycles. The fourth-order valence-corrected chi connectivity index (χ4v) is 3.57. The van der Waals surface area contributed by atoms with Gasteiger partial charge in [0.05, 0.1) is 5.69 Å². The maximum atomic E-state index is 12.2. The SMILES string of the molecule is O=C(NCCc1cn2ccsc2n1)c1noc2c1CCCC2. The van der Waals surface area contributed by atoms with E-state index >= 15 is 0 Å². The summed E-state index contributed by atoms with van der Waals surface area (Å²) in [5.41, 5.74) is 2.43. The van der Waals surface area contributed by atoms with Gasteiger partial charge in [0.1, 0.15) is 5.76 Å². The predicted molar refractivity (Wildman–Crippen MR) is 82.3 cm³/mol. The van der Waals surface area contributed by atoms with Crippen LogP contribution in [0, 0.1) is 0 Å². The molecule has 4 rings (SSSR count). The third-order valence-electron chi connectivity index (χ3n) is 3.98. The first-order chi connectivity index (χ1) is 10.8. The van der Waals surface area contributed by atoms with Gasteiger partial charge in [0.25, 0.3) is 5.91 Å². The summed E-state index contributed by atoms with van der Waals surface area (Å²) in [6.07, 6.45) is 8.67. The van der Waals surface area contributed by atoms with Crippen LogP contribution >= 0.6 is 11.3 Å². The van der Waals surface area contributed by atoms with Gasteiger partial charge in [-0.2, -0.15) is 0 Å². The number of fused-ring (bicyclic) bond motifs is 2. The Morgan fingerprint density at radius 2 is 2.32 bits per heavy atom. The number of aryl methyl sites for hydroxylation is 1. The lowest BCUT2D eigenvalue weighted by Gasteiger charge is -2.09. The number of amides is 1. The quantitative estimate of drug-likeness (QED) is 0.801. The molecule has 1 amide bonds. The molecule has 7 heteroatoms. The van der Waals surface area contributed by atoms with Crippen LogP contribution in [-0.2, 0) is 19.3 Å². The Hall–Kier alpha value is -2.15. The number of rotatable bonds is 4. The number of aromatic nitrogens is 3. The molecule has 6 nitrogen and oxygen atoms in total. The minimum atomic E-state index is -0.145. The lowest BCUT2D eigenvalue weighted by molar-refractivity contribution is 0.0944. The fourth-order valence-electron chi connectivity index (χ4n) is 2.85. The van der Waals surface area contributed by atoms with Crippen molar-refractivity contribution in [1.29, 1.82) is 0 Å². The van der Waals surface area contributed by atoms with E-state index in [0.717, 1.165) is 47.7 Å². The average Bonchev–Trinajstić information content (AvgIpc) is 3.20. The van der Waals surface area contributed by atoms with Gasteiger partial charge >= 0.3 is 0 Å². The van der Waals surface area contributed by atoms with Gasteiger partial charge in [0, 0.05) is 42.7 Å². The van der Waals surface area contributed by atoms with E-state index in [0.29, 0.717) is 18.7 Å². The van der Waals surface area contributed by atoms with Crippen molar-refractivity contribution in [2.75, 3.05) is 6.54 Å². The number of hydrogen-bond acceptors (Lipinski definition) is 5. The van der Waals surface area contributed by atoms with Crippen LogP contribution < -0.4 is 5.32 Å². The van der Waals surface area contributed by atoms with Gasteiger partial charge in [-0.25, -0.2) is 4.98 Å². The molecule has 0 unspecified atom stereocenters. The molecule has 3 aromatic rings. The molecule has 0 spiro atoms. The van der Waals surface area contributed by atoms with Crippen molar-refractivity contribution in [1.82, 2.24) is 19.9 Å². The molecule has 114 valence electrons. The van der Waals surface area contributed by atoms with Crippen molar-refractivity contribution in [2.24, 2.45) is 0 Å². The van der Waals surface area contributed by atoms with E-state index in [1.807, 2.05) is 22.2 Å². The second-order valence-corrected chi connectivity index (χ2v) is 6.34. The molecular weight excluding hydrogens is 300 g/mol. The third kappa shape index (κ3) is 2.41. The zero-order chi connectivity index (χ0) is 14.9. The van der Waals surface area contributed by atoms with Crippen LogP contribution in [0.3, 0.4) is 0 Å². The van der Waals surface area contributed by atoms with Crippen LogP contribution in [0.25, 0.3) is 4.96 Å². The molecule has 1 N–H and O–H groups in total. The summed E-state index contributed by atoms with van der Waals surface area (Å²) in [4.78, 5) is 17.7. The number of imidazole rings is 1. The Kier molecular flexibility index (Phi) is 3.42. The first-order valence-electron chi connectivity index (χ1n) is 7.48. The van der Waals surface area contributed by atoms with Gasteiger partial charge in [-0.15, -0.1) is 11.3 Å². The highest BCUT2D eigenvalue weighted by Crippen LogP contribution is 2.24. The van der Waals surface area contributed by atoms with Crippen LogP contribution in [-0.4, -0.2) is 27.0 Å². The van der Waals surface area contributed by atoms with E-state index in [1.165, 1.54) is 0 Å². The van der Waals surface area contributed by atoms with Gasteiger partial charge in [0.2, 0.25) is 0 Å². The highest BCUT2D eigenvalue weighted by Gasteiger charge is 2.23. The van der Waals surface area contributed by atoms with Crippen LogP contribution in [0.1, 0.15) is 40.3 Å². The van der Waals surface area contributed by atoms with Crippen molar-refractivity contribution >= 4 is 22.2 Å². The number of carbonyl (C=O) groups excluding carboxylic acids is 1. The van der Waals surface area contributed by atoms with E-state index in [9.17, 15) is 4.79 Å². The Morgan fingerprint density at radius 1 is 1.41 bits per heavy atom. The summed E-state index contributed by atoms with van der Waals surface area (Å²) in [6, 6.07) is 0. The monoisotopic (exact) mass is 316 g/mol. The predicted octanol–water partition coefficient (Wildman–Crippen LogP) is 2.24. The van der Waals surface area contributed by atoms with E-state index < -0.39 is 0 Å². The Bertz CT molecular complexity index is 788. The molecule has 0 fully saturated rings. The topological polar surface area (TPSA) is 72.4 Å². The molecule has 0 radical (unpaired) electrons. The molecule has 0 saturated heterocycles. The molecule has 1 aliphatic carbocycles. The molecule has 1 aliphatic rings. The van der Waals surface area contributed by atoms with E-state index in [2.05, 4.69) is 15.5 Å². The first kappa shape index (κ1) is 13.5. The molecular formula is C15H16N4O2S. The minimum Gasteiger partial charge on any atom is -0.360 e. The van der Waals surface area contributed by atoms with Crippen molar-refractivity contribution in [3.8, 4) is 0 Å². The van der Waals surface area contributed by atoms with Crippen molar-refractivity contribution in [3.63, 3.8) is 0 Å². The van der Waals surface area contributed by atoms with Crippen molar-refractivity contribution < 1.29 is 9.32 Å². The molecule has 3 aromatic heterocycles. The first-order valence-corrected chi connectivity index (χ1v) is 8.36. The maximum absolute atomic E-state index is 12.2. The molecule has 0 saturated carbocycles. The minimum absolute atomic E-state index is 0.145. The van der Waals surface area contributed by atoms with Gasteiger partial charge in [0.15, 0.2) is 10.7 Å². The van der Waals surface area contributed by atoms with Crippen LogP contribution in [0.2, 0.25) is 0 Å². The average molecular weight is 316 g/mol. The number of carbonyl (C=O) groups is 1. The maximum Gasteiger partial charge on any atom is 0.273 e. The van der Waals surface area contributed by atoms with Gasteiger partial charge in [-0.05, 0) is 19.3 Å². The number of nitrogens with zero attached hydrogens (tertiary/aromatic N) is 3. The standard InChI is InChI=1S/C15H16N4O2S/c20-14(13-11-3-1-2-4-12(11)21-18-13)16-6-5-10-9-19-7-8-22-15(19)17-10/h7-9H,1-6H2,(H,16,20). The molecule has 0 atom stereocenters. The van der Waals surface area contributed by atoms with Crippen LogP contribution in [0.5, 0.6) is 0 Å². The van der Waals surface area contributed by atoms with Gasteiger partial charge in [-0.1, -0.05) is 5.16 Å². The summed E-state index contributed by atoms with van der Waals surface area (Å²) < 4.78 is 7.27. The normalized spacial score (nSPS) is 14.2. The Balaban J connectivity index is 1.38. The number of thiazole rings is 1. The summed E-state index contributed by atoms with van der Waals surface area (Å²) in [5.74, 6) is 0.735. The summed E-state index contributed by atoms with van der Waals surface area (Å²) in [5, 5.41) is 8.86. The number of hydrogen-bond donors (Lipinski definition) is 1. The zero-order valence-corrected chi connectivity index (χ0v) is 12.9. The Labute approximate surface area is 131 Å². The molecule has 0 bridgehead atoms.